The molecule has 0 spiro atoms. The van der Waals surface area contributed by atoms with Crippen molar-refractivity contribution in [3.63, 3.8) is 0 Å². The van der Waals surface area contributed by atoms with Gasteiger partial charge in [-0.15, -0.1) is 0 Å². The minimum Gasteiger partial charge on any atom is -0.497 e. The van der Waals surface area contributed by atoms with Crippen LogP contribution in [-0.4, -0.2) is 27.8 Å². The highest BCUT2D eigenvalue weighted by molar-refractivity contribution is 6.76. The van der Waals surface area contributed by atoms with Gasteiger partial charge in [0.25, 0.3) is 0 Å². The third-order valence-corrected chi connectivity index (χ3v) is 4.89. The molecule has 0 radical (unpaired) electrons. The highest BCUT2D eigenvalue weighted by Crippen LogP contribution is 2.25. The molecule has 0 bridgehead atoms. The maximum absolute atomic E-state index is 12.2. The fourth-order valence-corrected chi connectivity index (χ4v) is 2.57. The van der Waals surface area contributed by atoms with Crippen LogP contribution in [-0.2, 0) is 4.74 Å². The lowest BCUT2D eigenvalue weighted by atomic mass is 9.97. The fraction of sp³-hybridized carbons (Fsp3) is 0.562. The zero-order valence-electron chi connectivity index (χ0n) is 13.4. The monoisotopic (exact) mass is 294 g/mol. The van der Waals surface area contributed by atoms with Gasteiger partial charge in [0.15, 0.2) is 0 Å². The van der Waals surface area contributed by atoms with Gasteiger partial charge in [0.2, 0.25) is 0 Å². The van der Waals surface area contributed by atoms with Crippen molar-refractivity contribution in [2.75, 3.05) is 13.7 Å². The van der Waals surface area contributed by atoms with E-state index in [4.69, 9.17) is 9.47 Å². The summed E-state index contributed by atoms with van der Waals surface area (Å²) in [6.07, 6.45) is 0. The van der Waals surface area contributed by atoms with E-state index in [0.717, 1.165) is 17.4 Å². The second kappa shape index (κ2) is 6.93. The van der Waals surface area contributed by atoms with E-state index in [1.165, 1.54) is 0 Å². The molecule has 0 aliphatic carbocycles. The fourth-order valence-electron chi connectivity index (χ4n) is 1.86. The van der Waals surface area contributed by atoms with Crippen molar-refractivity contribution in [2.24, 2.45) is 0 Å². The topological polar surface area (TPSA) is 35.5 Å². The van der Waals surface area contributed by atoms with Crippen LogP contribution in [0.2, 0.25) is 25.7 Å². The maximum Gasteiger partial charge on any atom is 0.338 e. The van der Waals surface area contributed by atoms with Gasteiger partial charge in [-0.3, -0.25) is 0 Å². The molecule has 0 saturated carbocycles. The van der Waals surface area contributed by atoms with Gasteiger partial charge in [-0.1, -0.05) is 33.5 Å². The van der Waals surface area contributed by atoms with Crippen molar-refractivity contribution < 1.29 is 14.3 Å². The number of rotatable bonds is 6. The zero-order chi connectivity index (χ0) is 15.3. The van der Waals surface area contributed by atoms with Crippen LogP contribution in [0.5, 0.6) is 5.75 Å². The molecule has 0 amide bonds. The highest BCUT2D eigenvalue weighted by atomic mass is 28.3. The molecule has 0 N–H and O–H groups in total. The van der Waals surface area contributed by atoms with Gasteiger partial charge in [0.05, 0.1) is 19.3 Å². The Morgan fingerprint density at radius 2 is 1.90 bits per heavy atom. The van der Waals surface area contributed by atoms with Crippen LogP contribution >= 0.6 is 0 Å². The molecular formula is C16H26O3Si. The first-order valence-electron chi connectivity index (χ1n) is 7.09. The van der Waals surface area contributed by atoms with Gasteiger partial charge in [0, 0.05) is 8.07 Å². The molecule has 0 fully saturated rings. The molecule has 4 heteroatoms. The molecule has 0 saturated heterocycles. The number of methoxy groups -OCH3 is 1. The summed E-state index contributed by atoms with van der Waals surface area (Å²) < 4.78 is 10.6. The molecule has 0 atom stereocenters. The predicted molar refractivity (Wildman–Crippen MR) is 85.5 cm³/mol. The molecule has 112 valence electrons. The van der Waals surface area contributed by atoms with Crippen LogP contribution in [0.1, 0.15) is 35.7 Å². The van der Waals surface area contributed by atoms with Gasteiger partial charge in [0.1, 0.15) is 5.75 Å². The van der Waals surface area contributed by atoms with Crippen molar-refractivity contribution in [2.45, 2.75) is 45.5 Å². The van der Waals surface area contributed by atoms with Gasteiger partial charge >= 0.3 is 5.97 Å². The van der Waals surface area contributed by atoms with Crippen LogP contribution in [0.4, 0.5) is 0 Å². The van der Waals surface area contributed by atoms with Crippen LogP contribution in [0.15, 0.2) is 18.2 Å². The summed E-state index contributed by atoms with van der Waals surface area (Å²) in [7, 11) is 0.458. The first-order valence-corrected chi connectivity index (χ1v) is 10.8. The minimum absolute atomic E-state index is 0.227. The molecule has 3 nitrogen and oxygen atoms in total. The van der Waals surface area contributed by atoms with E-state index >= 15 is 0 Å². The Morgan fingerprint density at radius 1 is 1.25 bits per heavy atom. The number of benzene rings is 1. The van der Waals surface area contributed by atoms with E-state index in [0.29, 0.717) is 12.2 Å². The summed E-state index contributed by atoms with van der Waals surface area (Å²) in [5.41, 5.74) is 1.62. The standard InChI is InChI=1S/C16H26O3Si/c1-12(2)15-11-13(18-3)7-8-14(15)16(17)19-9-10-20(4,5)6/h7-8,11-12H,9-10H2,1-6H3. The average molecular weight is 294 g/mol. The lowest BCUT2D eigenvalue weighted by Crippen LogP contribution is -2.23. The molecule has 0 unspecified atom stereocenters. The molecule has 1 aromatic carbocycles. The molecule has 0 aliphatic heterocycles. The normalized spacial score (nSPS) is 11.6. The maximum atomic E-state index is 12.2. The smallest absolute Gasteiger partial charge is 0.338 e. The number of hydrogen-bond donors (Lipinski definition) is 0. The predicted octanol–water partition coefficient (Wildman–Crippen LogP) is 4.31. The van der Waals surface area contributed by atoms with Gasteiger partial charge in [-0.25, -0.2) is 4.79 Å². The Morgan fingerprint density at radius 3 is 2.40 bits per heavy atom. The molecule has 20 heavy (non-hydrogen) atoms. The summed E-state index contributed by atoms with van der Waals surface area (Å²) >= 11 is 0. The molecule has 1 aromatic rings. The summed E-state index contributed by atoms with van der Waals surface area (Å²) in [5.74, 6) is 0.798. The number of carbonyl (C=O) groups is 1. The van der Waals surface area contributed by atoms with E-state index < -0.39 is 8.07 Å². The Labute approximate surface area is 123 Å². The van der Waals surface area contributed by atoms with Gasteiger partial charge < -0.3 is 9.47 Å². The lowest BCUT2D eigenvalue weighted by molar-refractivity contribution is 0.0523. The van der Waals surface area contributed by atoms with E-state index in [1.54, 1.807) is 19.2 Å². The number of esters is 1. The van der Waals surface area contributed by atoms with Crippen LogP contribution in [0.3, 0.4) is 0 Å². The summed E-state index contributed by atoms with van der Waals surface area (Å²) in [5, 5.41) is 0. The quantitative estimate of drug-likeness (QED) is 0.579. The second-order valence-electron chi connectivity index (χ2n) is 6.55. The molecule has 1 rings (SSSR count). The van der Waals surface area contributed by atoms with E-state index in [2.05, 4.69) is 33.5 Å². The first-order chi connectivity index (χ1) is 9.24. The van der Waals surface area contributed by atoms with E-state index in [1.807, 2.05) is 6.07 Å². The third kappa shape index (κ3) is 5.00. The second-order valence-corrected chi connectivity index (χ2v) is 12.2. The Bertz CT molecular complexity index is 461. The number of ether oxygens (including phenoxy) is 2. The number of hydrogen-bond acceptors (Lipinski definition) is 3. The highest BCUT2D eigenvalue weighted by Gasteiger charge is 2.18. The molecule has 0 aromatic heterocycles. The third-order valence-electron chi connectivity index (χ3n) is 3.19. The molecule has 0 heterocycles. The van der Waals surface area contributed by atoms with E-state index in [-0.39, 0.29) is 11.9 Å². The summed E-state index contributed by atoms with van der Waals surface area (Å²) in [6, 6.07) is 6.51. The Balaban J connectivity index is 2.82. The minimum atomic E-state index is -1.17. The summed E-state index contributed by atoms with van der Waals surface area (Å²) in [6.45, 7) is 11.5. The van der Waals surface area contributed by atoms with Crippen LogP contribution in [0, 0.1) is 0 Å². The lowest BCUT2D eigenvalue weighted by Gasteiger charge is -2.17. The van der Waals surface area contributed by atoms with Crippen molar-refractivity contribution in [1.82, 2.24) is 0 Å². The Hall–Kier alpha value is -1.29. The van der Waals surface area contributed by atoms with Crippen LogP contribution < -0.4 is 4.74 Å². The van der Waals surface area contributed by atoms with Crippen molar-refractivity contribution >= 4 is 14.0 Å². The summed E-state index contributed by atoms with van der Waals surface area (Å²) in [4.78, 5) is 12.2. The van der Waals surface area contributed by atoms with Gasteiger partial charge in [-0.05, 0) is 35.7 Å². The van der Waals surface area contributed by atoms with Crippen molar-refractivity contribution in [1.29, 1.82) is 0 Å². The zero-order valence-corrected chi connectivity index (χ0v) is 14.4. The van der Waals surface area contributed by atoms with Crippen LogP contribution in [0.25, 0.3) is 0 Å². The molecular weight excluding hydrogens is 268 g/mol. The average Bonchev–Trinajstić information content (AvgIpc) is 2.36. The Kier molecular flexibility index (Phi) is 5.81. The first kappa shape index (κ1) is 16.8. The van der Waals surface area contributed by atoms with E-state index in [9.17, 15) is 4.79 Å². The van der Waals surface area contributed by atoms with Crippen molar-refractivity contribution in [3.8, 4) is 5.75 Å². The molecule has 0 aliphatic rings. The SMILES string of the molecule is COc1ccc(C(=O)OCC[Si](C)(C)C)c(C(C)C)c1. The largest absolute Gasteiger partial charge is 0.497 e. The van der Waals surface area contributed by atoms with Crippen molar-refractivity contribution in [3.05, 3.63) is 29.3 Å². The number of carbonyl (C=O) groups excluding carboxylic acids is 1. The van der Waals surface area contributed by atoms with Gasteiger partial charge in [-0.2, -0.15) is 0 Å².